The van der Waals surface area contributed by atoms with Gasteiger partial charge >= 0.3 is 0 Å². The molecule has 0 saturated carbocycles. The molecule has 3 rings (SSSR count). The lowest BCUT2D eigenvalue weighted by atomic mass is 10.1. The molecule has 2 N–H and O–H groups in total. The van der Waals surface area contributed by atoms with Crippen LogP contribution in [0, 0.1) is 13.8 Å². The first-order chi connectivity index (χ1) is 9.66. The van der Waals surface area contributed by atoms with Crippen molar-refractivity contribution in [1.29, 1.82) is 0 Å². The number of aryl methyl sites for hydroxylation is 2. The first kappa shape index (κ1) is 12.5. The third-order valence-electron chi connectivity index (χ3n) is 3.57. The summed E-state index contributed by atoms with van der Waals surface area (Å²) in [5.74, 6) is 0. The van der Waals surface area contributed by atoms with Crippen molar-refractivity contribution in [2.45, 2.75) is 13.8 Å². The fourth-order valence-corrected chi connectivity index (χ4v) is 2.40. The predicted molar refractivity (Wildman–Crippen MR) is 82.9 cm³/mol. The Labute approximate surface area is 118 Å². The van der Waals surface area contributed by atoms with E-state index in [1.165, 1.54) is 5.69 Å². The van der Waals surface area contributed by atoms with Crippen LogP contribution in [0.25, 0.3) is 16.9 Å². The zero-order chi connectivity index (χ0) is 14.1. The van der Waals surface area contributed by atoms with Crippen molar-refractivity contribution >= 4 is 5.69 Å². The molecule has 100 valence electrons. The fourth-order valence-electron chi connectivity index (χ4n) is 2.40. The minimum absolute atomic E-state index is 0.816. The highest BCUT2D eigenvalue weighted by Gasteiger charge is 2.10. The van der Waals surface area contributed by atoms with Gasteiger partial charge in [-0.3, -0.25) is 4.98 Å². The molecule has 0 radical (unpaired) electrons. The standard InChI is InChI=1S/C17H17N3/c1-12-3-5-15(11-16(12)18)20-13(2)4-6-17(20)14-7-9-19-10-8-14/h3-11H,18H2,1-2H3. The molecule has 1 aromatic carbocycles. The number of benzene rings is 1. The highest BCUT2D eigenvalue weighted by molar-refractivity contribution is 5.65. The zero-order valence-corrected chi connectivity index (χ0v) is 11.7. The van der Waals surface area contributed by atoms with Crippen LogP contribution in [0.15, 0.2) is 54.9 Å². The summed E-state index contributed by atoms with van der Waals surface area (Å²) in [5.41, 5.74) is 12.5. The number of nitrogens with two attached hydrogens (primary N) is 1. The number of anilines is 1. The summed E-state index contributed by atoms with van der Waals surface area (Å²) < 4.78 is 2.21. The van der Waals surface area contributed by atoms with Crippen molar-refractivity contribution in [2.24, 2.45) is 0 Å². The number of nitrogens with zero attached hydrogens (tertiary/aromatic N) is 2. The van der Waals surface area contributed by atoms with Crippen molar-refractivity contribution < 1.29 is 0 Å². The highest BCUT2D eigenvalue weighted by atomic mass is 15.0. The van der Waals surface area contributed by atoms with Crippen molar-refractivity contribution in [3.8, 4) is 16.9 Å². The average molecular weight is 263 g/mol. The van der Waals surface area contributed by atoms with E-state index in [0.717, 1.165) is 28.2 Å². The van der Waals surface area contributed by atoms with Crippen LogP contribution in [0.5, 0.6) is 0 Å². The highest BCUT2D eigenvalue weighted by Crippen LogP contribution is 2.27. The van der Waals surface area contributed by atoms with Crippen LogP contribution in [0.2, 0.25) is 0 Å². The molecule has 20 heavy (non-hydrogen) atoms. The van der Waals surface area contributed by atoms with Crippen LogP contribution in [-0.2, 0) is 0 Å². The van der Waals surface area contributed by atoms with E-state index >= 15 is 0 Å². The molecule has 0 amide bonds. The van der Waals surface area contributed by atoms with E-state index in [1.54, 1.807) is 0 Å². The lowest BCUT2D eigenvalue weighted by Crippen LogP contribution is -2.01. The first-order valence-electron chi connectivity index (χ1n) is 6.62. The summed E-state index contributed by atoms with van der Waals surface area (Å²) in [6.45, 7) is 4.12. The van der Waals surface area contributed by atoms with Crippen LogP contribution >= 0.6 is 0 Å². The maximum atomic E-state index is 6.04. The number of aromatic nitrogens is 2. The minimum atomic E-state index is 0.816. The van der Waals surface area contributed by atoms with E-state index in [4.69, 9.17) is 5.73 Å². The molecule has 3 heteroatoms. The molecule has 2 aromatic heterocycles. The maximum absolute atomic E-state index is 6.04. The van der Waals surface area contributed by atoms with E-state index in [2.05, 4.69) is 40.7 Å². The number of hydrogen-bond donors (Lipinski definition) is 1. The van der Waals surface area contributed by atoms with Crippen LogP contribution in [-0.4, -0.2) is 9.55 Å². The Balaban J connectivity index is 2.19. The molecule has 0 spiro atoms. The van der Waals surface area contributed by atoms with Crippen molar-refractivity contribution in [3.05, 3.63) is 66.1 Å². The largest absolute Gasteiger partial charge is 0.398 e. The minimum Gasteiger partial charge on any atom is -0.398 e. The van der Waals surface area contributed by atoms with Gasteiger partial charge in [0.1, 0.15) is 0 Å². The molecule has 0 fully saturated rings. The van der Waals surface area contributed by atoms with Gasteiger partial charge < -0.3 is 10.3 Å². The second-order valence-corrected chi connectivity index (χ2v) is 4.97. The number of hydrogen-bond acceptors (Lipinski definition) is 2. The molecule has 0 aliphatic carbocycles. The van der Waals surface area contributed by atoms with Crippen molar-refractivity contribution in [3.63, 3.8) is 0 Å². The van der Waals surface area contributed by atoms with Crippen LogP contribution in [0.4, 0.5) is 5.69 Å². The Hall–Kier alpha value is -2.55. The summed E-state index contributed by atoms with van der Waals surface area (Å²) in [6, 6.07) is 14.5. The fraction of sp³-hybridized carbons (Fsp3) is 0.118. The van der Waals surface area contributed by atoms with E-state index in [0.29, 0.717) is 0 Å². The summed E-state index contributed by atoms with van der Waals surface area (Å²) in [5, 5.41) is 0. The first-order valence-corrected chi connectivity index (χ1v) is 6.62. The zero-order valence-electron chi connectivity index (χ0n) is 11.7. The average Bonchev–Trinajstić information content (AvgIpc) is 2.85. The van der Waals surface area contributed by atoms with Crippen LogP contribution in [0.1, 0.15) is 11.3 Å². The molecule has 0 saturated heterocycles. The van der Waals surface area contributed by atoms with Gasteiger partial charge in [-0.1, -0.05) is 6.07 Å². The molecule has 0 atom stereocenters. The van der Waals surface area contributed by atoms with Gasteiger partial charge in [0.15, 0.2) is 0 Å². The van der Waals surface area contributed by atoms with Crippen LogP contribution < -0.4 is 5.73 Å². The Morgan fingerprint density at radius 3 is 2.40 bits per heavy atom. The van der Waals surface area contributed by atoms with Gasteiger partial charge in [-0.15, -0.1) is 0 Å². The second kappa shape index (κ2) is 4.85. The third-order valence-corrected chi connectivity index (χ3v) is 3.57. The Kier molecular flexibility index (Phi) is 3.03. The normalized spacial score (nSPS) is 10.7. The number of rotatable bonds is 2. The topological polar surface area (TPSA) is 43.8 Å². The van der Waals surface area contributed by atoms with Gasteiger partial charge in [-0.2, -0.15) is 0 Å². The molecular weight excluding hydrogens is 246 g/mol. The predicted octanol–water partition coefficient (Wildman–Crippen LogP) is 3.74. The van der Waals surface area contributed by atoms with E-state index < -0.39 is 0 Å². The van der Waals surface area contributed by atoms with Gasteiger partial charge in [0.05, 0.1) is 5.69 Å². The van der Waals surface area contributed by atoms with E-state index in [-0.39, 0.29) is 0 Å². The van der Waals surface area contributed by atoms with Gasteiger partial charge in [0.2, 0.25) is 0 Å². The summed E-state index contributed by atoms with van der Waals surface area (Å²) >= 11 is 0. The summed E-state index contributed by atoms with van der Waals surface area (Å²) in [6.07, 6.45) is 3.62. The number of nitrogen functional groups attached to an aromatic ring is 1. The second-order valence-electron chi connectivity index (χ2n) is 4.97. The smallest absolute Gasteiger partial charge is 0.0532 e. The van der Waals surface area contributed by atoms with E-state index in [9.17, 15) is 0 Å². The van der Waals surface area contributed by atoms with Crippen molar-refractivity contribution in [2.75, 3.05) is 5.73 Å². The molecule has 0 unspecified atom stereocenters. The SMILES string of the molecule is Cc1ccc(-n2c(C)ccc2-c2ccncc2)cc1N. The molecule has 3 aromatic rings. The number of pyridine rings is 1. The quantitative estimate of drug-likeness (QED) is 0.716. The molecule has 2 heterocycles. The molecule has 0 aliphatic rings. The Morgan fingerprint density at radius 1 is 0.950 bits per heavy atom. The third kappa shape index (κ3) is 2.07. The molecule has 0 aliphatic heterocycles. The van der Waals surface area contributed by atoms with Gasteiger partial charge in [0, 0.05) is 35.0 Å². The lowest BCUT2D eigenvalue weighted by molar-refractivity contribution is 1.02. The molecular formula is C17H17N3. The Morgan fingerprint density at radius 2 is 1.70 bits per heavy atom. The maximum Gasteiger partial charge on any atom is 0.0532 e. The van der Waals surface area contributed by atoms with E-state index in [1.807, 2.05) is 37.5 Å². The van der Waals surface area contributed by atoms with Crippen LogP contribution in [0.3, 0.4) is 0 Å². The van der Waals surface area contributed by atoms with Gasteiger partial charge in [-0.05, 0) is 55.8 Å². The molecule has 3 nitrogen and oxygen atoms in total. The van der Waals surface area contributed by atoms with Gasteiger partial charge in [-0.25, -0.2) is 0 Å². The summed E-state index contributed by atoms with van der Waals surface area (Å²) in [4.78, 5) is 4.08. The van der Waals surface area contributed by atoms with Crippen molar-refractivity contribution in [1.82, 2.24) is 9.55 Å². The molecule has 0 bridgehead atoms. The van der Waals surface area contributed by atoms with Gasteiger partial charge in [0.25, 0.3) is 0 Å². The lowest BCUT2D eigenvalue weighted by Gasteiger charge is -2.13. The summed E-state index contributed by atoms with van der Waals surface area (Å²) in [7, 11) is 0. The monoisotopic (exact) mass is 263 g/mol. The Bertz CT molecular complexity index is 742.